The smallest absolute Gasteiger partial charge is 0.305 e. The first kappa shape index (κ1) is 21.5. The zero-order valence-corrected chi connectivity index (χ0v) is 17.1. The van der Waals surface area contributed by atoms with Crippen LogP contribution in [-0.4, -0.2) is 29.1 Å². The summed E-state index contributed by atoms with van der Waals surface area (Å²) in [7, 11) is 1.50. The van der Waals surface area contributed by atoms with Gasteiger partial charge in [0, 0.05) is 5.56 Å². The Morgan fingerprint density at radius 2 is 1.77 bits per heavy atom. The van der Waals surface area contributed by atoms with Crippen molar-refractivity contribution in [3.63, 3.8) is 0 Å². The number of benzene rings is 2. The first-order valence-corrected chi connectivity index (χ1v) is 9.56. The Labute approximate surface area is 179 Å². The van der Waals surface area contributed by atoms with Gasteiger partial charge in [0.1, 0.15) is 17.1 Å². The average Bonchev–Trinajstić information content (AvgIpc) is 2.78. The number of rotatable bonds is 7. The minimum atomic E-state index is -1.02. The Morgan fingerprint density at radius 3 is 2.35 bits per heavy atom. The van der Waals surface area contributed by atoms with Crippen LogP contribution in [0.25, 0.3) is 11.3 Å². The normalized spacial score (nSPS) is 11.3. The molecule has 0 fully saturated rings. The number of methoxy groups -OCH3 is 1. The van der Waals surface area contributed by atoms with Crippen molar-refractivity contribution in [2.45, 2.75) is 19.4 Å². The Morgan fingerprint density at radius 1 is 1.10 bits per heavy atom. The number of hydrogen-bond acceptors (Lipinski definition) is 5. The highest BCUT2D eigenvalue weighted by Crippen LogP contribution is 2.28. The van der Waals surface area contributed by atoms with Crippen LogP contribution in [0, 0.1) is 18.3 Å². The molecule has 3 rings (SSSR count). The van der Waals surface area contributed by atoms with E-state index in [1.165, 1.54) is 13.2 Å². The van der Waals surface area contributed by atoms with E-state index in [2.05, 4.69) is 16.4 Å². The standard InChI is InChI=1S/C24H21N3O4/c1-15-3-7-17(8-4-15)20(13-22(28)29)27-24(30)19-11-12-21(31-2)23(26-19)18-9-5-16(14-25)6-10-18/h3-12,20H,13H2,1-2H3,(H,27,30)(H,28,29)/t20-/m0/s1. The Hall–Kier alpha value is -4.18. The zero-order chi connectivity index (χ0) is 22.4. The van der Waals surface area contributed by atoms with Crippen molar-refractivity contribution in [3.05, 3.63) is 83.0 Å². The van der Waals surface area contributed by atoms with E-state index in [9.17, 15) is 14.7 Å². The quantitative estimate of drug-likeness (QED) is 0.606. The molecule has 0 radical (unpaired) electrons. The van der Waals surface area contributed by atoms with Crippen LogP contribution >= 0.6 is 0 Å². The second-order valence-corrected chi connectivity index (χ2v) is 6.97. The van der Waals surface area contributed by atoms with Gasteiger partial charge >= 0.3 is 5.97 Å². The number of carbonyl (C=O) groups excluding carboxylic acids is 1. The molecule has 1 heterocycles. The number of carboxylic acids is 1. The molecule has 0 aliphatic heterocycles. The molecule has 2 aromatic carbocycles. The predicted octanol–water partition coefficient (Wildman–Crippen LogP) is 3.88. The molecule has 0 aliphatic carbocycles. The third kappa shape index (κ3) is 5.25. The summed E-state index contributed by atoms with van der Waals surface area (Å²) in [6.07, 6.45) is -0.257. The number of carboxylic acid groups (broad SMARTS) is 1. The van der Waals surface area contributed by atoms with Crippen LogP contribution in [-0.2, 0) is 4.79 Å². The summed E-state index contributed by atoms with van der Waals surface area (Å²) in [4.78, 5) is 28.7. The van der Waals surface area contributed by atoms with Gasteiger partial charge < -0.3 is 15.2 Å². The summed E-state index contributed by atoms with van der Waals surface area (Å²) in [6, 6.07) is 18.6. The van der Waals surface area contributed by atoms with Crippen LogP contribution in [0.2, 0.25) is 0 Å². The third-order valence-electron chi connectivity index (χ3n) is 4.76. The topological polar surface area (TPSA) is 112 Å². The largest absolute Gasteiger partial charge is 0.494 e. The van der Waals surface area contributed by atoms with Gasteiger partial charge in [-0.3, -0.25) is 9.59 Å². The lowest BCUT2D eigenvalue weighted by atomic mass is 10.0. The number of nitrogens with one attached hydrogen (secondary N) is 1. The minimum absolute atomic E-state index is 0.127. The van der Waals surface area contributed by atoms with Crippen LogP contribution in [0.3, 0.4) is 0 Å². The number of carbonyl (C=O) groups is 2. The van der Waals surface area contributed by atoms with E-state index >= 15 is 0 Å². The summed E-state index contributed by atoms with van der Waals surface area (Å²) in [6.45, 7) is 1.93. The van der Waals surface area contributed by atoms with Gasteiger partial charge in [0.15, 0.2) is 0 Å². The summed E-state index contributed by atoms with van der Waals surface area (Å²) >= 11 is 0. The summed E-state index contributed by atoms with van der Waals surface area (Å²) in [5.74, 6) is -1.04. The highest BCUT2D eigenvalue weighted by molar-refractivity contribution is 5.93. The Bertz CT molecular complexity index is 1130. The maximum atomic E-state index is 12.9. The van der Waals surface area contributed by atoms with Crippen LogP contribution < -0.4 is 10.1 Å². The number of pyridine rings is 1. The van der Waals surface area contributed by atoms with Crippen molar-refractivity contribution in [2.75, 3.05) is 7.11 Å². The van der Waals surface area contributed by atoms with E-state index in [1.54, 1.807) is 42.5 Å². The number of nitrogens with zero attached hydrogens (tertiary/aromatic N) is 2. The lowest BCUT2D eigenvalue weighted by molar-refractivity contribution is -0.137. The zero-order valence-electron chi connectivity index (χ0n) is 17.1. The van der Waals surface area contributed by atoms with Gasteiger partial charge in [0.2, 0.25) is 0 Å². The first-order chi connectivity index (χ1) is 14.9. The van der Waals surface area contributed by atoms with Gasteiger partial charge in [-0.2, -0.15) is 5.26 Å². The molecule has 1 aromatic heterocycles. The lowest BCUT2D eigenvalue weighted by Crippen LogP contribution is -2.30. The van der Waals surface area contributed by atoms with Crippen molar-refractivity contribution in [3.8, 4) is 23.1 Å². The minimum Gasteiger partial charge on any atom is -0.494 e. The second kappa shape index (κ2) is 9.55. The molecule has 7 nitrogen and oxygen atoms in total. The van der Waals surface area contributed by atoms with E-state index in [0.717, 1.165) is 5.56 Å². The van der Waals surface area contributed by atoms with Crippen molar-refractivity contribution in [2.24, 2.45) is 0 Å². The molecule has 0 unspecified atom stereocenters. The lowest BCUT2D eigenvalue weighted by Gasteiger charge is -2.18. The average molecular weight is 415 g/mol. The van der Waals surface area contributed by atoms with Crippen molar-refractivity contribution >= 4 is 11.9 Å². The molecular weight excluding hydrogens is 394 g/mol. The monoisotopic (exact) mass is 415 g/mol. The number of nitriles is 1. The third-order valence-corrected chi connectivity index (χ3v) is 4.76. The number of amides is 1. The van der Waals surface area contributed by atoms with Crippen LogP contribution in [0.5, 0.6) is 5.75 Å². The number of ether oxygens (including phenoxy) is 1. The van der Waals surface area contributed by atoms with Gasteiger partial charge in [0.25, 0.3) is 5.91 Å². The van der Waals surface area contributed by atoms with Gasteiger partial charge in [-0.1, -0.05) is 42.0 Å². The molecule has 1 amide bonds. The van der Waals surface area contributed by atoms with Crippen molar-refractivity contribution < 1.29 is 19.4 Å². The molecule has 31 heavy (non-hydrogen) atoms. The van der Waals surface area contributed by atoms with Crippen LogP contribution in [0.4, 0.5) is 0 Å². The molecule has 0 saturated heterocycles. The molecule has 3 aromatic rings. The molecule has 1 atom stereocenters. The second-order valence-electron chi connectivity index (χ2n) is 6.97. The van der Waals surface area contributed by atoms with E-state index in [-0.39, 0.29) is 12.1 Å². The fourth-order valence-corrected chi connectivity index (χ4v) is 3.10. The van der Waals surface area contributed by atoms with Gasteiger partial charge in [0.05, 0.1) is 31.2 Å². The van der Waals surface area contributed by atoms with Crippen molar-refractivity contribution in [1.29, 1.82) is 5.26 Å². The Balaban J connectivity index is 1.91. The van der Waals surface area contributed by atoms with Gasteiger partial charge in [-0.05, 0) is 36.8 Å². The summed E-state index contributed by atoms with van der Waals surface area (Å²) in [5.41, 5.74) is 3.50. The van der Waals surface area contributed by atoms with E-state index < -0.39 is 17.9 Å². The summed E-state index contributed by atoms with van der Waals surface area (Å²) < 4.78 is 5.37. The maximum Gasteiger partial charge on any atom is 0.305 e. The van der Waals surface area contributed by atoms with Crippen LogP contribution in [0.1, 0.15) is 39.6 Å². The Kier molecular flexibility index (Phi) is 6.63. The number of aromatic nitrogens is 1. The molecule has 2 N–H and O–H groups in total. The molecule has 0 aliphatic rings. The highest BCUT2D eigenvalue weighted by atomic mass is 16.5. The maximum absolute atomic E-state index is 12.9. The SMILES string of the molecule is COc1ccc(C(=O)N[C@@H](CC(=O)O)c2ccc(C)cc2)nc1-c1ccc(C#N)cc1. The molecule has 0 spiro atoms. The molecule has 7 heteroatoms. The molecule has 0 saturated carbocycles. The number of hydrogen-bond donors (Lipinski definition) is 2. The van der Waals surface area contributed by atoms with Gasteiger partial charge in [-0.25, -0.2) is 4.98 Å². The van der Waals surface area contributed by atoms with E-state index in [1.807, 2.05) is 19.1 Å². The molecule has 156 valence electrons. The van der Waals surface area contributed by atoms with Crippen molar-refractivity contribution in [1.82, 2.24) is 10.3 Å². The predicted molar refractivity (Wildman–Crippen MR) is 115 cm³/mol. The molecule has 0 bridgehead atoms. The number of aliphatic carboxylic acids is 1. The number of aryl methyl sites for hydroxylation is 1. The fourth-order valence-electron chi connectivity index (χ4n) is 3.10. The van der Waals surface area contributed by atoms with Crippen LogP contribution in [0.15, 0.2) is 60.7 Å². The van der Waals surface area contributed by atoms with E-state index in [4.69, 9.17) is 10.00 Å². The highest BCUT2D eigenvalue weighted by Gasteiger charge is 2.21. The summed E-state index contributed by atoms with van der Waals surface area (Å²) in [5, 5.41) is 21.0. The van der Waals surface area contributed by atoms with E-state index in [0.29, 0.717) is 28.1 Å². The van der Waals surface area contributed by atoms with Gasteiger partial charge in [-0.15, -0.1) is 0 Å². The molecular formula is C24H21N3O4. The fraction of sp³-hybridized carbons (Fsp3) is 0.167. The first-order valence-electron chi connectivity index (χ1n) is 9.56.